The van der Waals surface area contributed by atoms with Crippen LogP contribution in [0.4, 0.5) is 16.2 Å². The zero-order chi connectivity index (χ0) is 18.5. The van der Waals surface area contributed by atoms with Gasteiger partial charge in [0.25, 0.3) is 0 Å². The largest absolute Gasteiger partial charge is 0.469 e. The van der Waals surface area contributed by atoms with Gasteiger partial charge in [-0.1, -0.05) is 5.11 Å². The van der Waals surface area contributed by atoms with Gasteiger partial charge in [-0.2, -0.15) is 0 Å². The standard InChI is InChI=1S/C16H22N4O4/c1-10-11(8-14(21)23-6)7-12(18-19-17)9-13(10)20(5)15(22)24-16(2,3)4/h7,9H,8H2,1-6H3. The van der Waals surface area contributed by atoms with Gasteiger partial charge in [-0.05, 0) is 56.5 Å². The summed E-state index contributed by atoms with van der Waals surface area (Å²) in [7, 11) is 2.85. The van der Waals surface area contributed by atoms with Crippen molar-refractivity contribution >= 4 is 23.4 Å². The molecular weight excluding hydrogens is 312 g/mol. The number of hydrogen-bond acceptors (Lipinski definition) is 5. The maximum absolute atomic E-state index is 12.3. The number of rotatable bonds is 4. The van der Waals surface area contributed by atoms with Crippen LogP contribution < -0.4 is 4.90 Å². The summed E-state index contributed by atoms with van der Waals surface area (Å²) in [5.41, 5.74) is 10.1. The van der Waals surface area contributed by atoms with Crippen molar-refractivity contribution in [3.63, 3.8) is 0 Å². The van der Waals surface area contributed by atoms with Crippen molar-refractivity contribution in [3.8, 4) is 0 Å². The van der Waals surface area contributed by atoms with Crippen LogP contribution in [0.3, 0.4) is 0 Å². The Labute approximate surface area is 141 Å². The molecule has 0 heterocycles. The first-order valence-corrected chi connectivity index (χ1v) is 7.31. The lowest BCUT2D eigenvalue weighted by molar-refractivity contribution is -0.139. The number of methoxy groups -OCH3 is 1. The second-order valence-corrected chi connectivity index (χ2v) is 6.23. The Morgan fingerprint density at radius 3 is 2.46 bits per heavy atom. The first-order chi connectivity index (χ1) is 11.1. The van der Waals surface area contributed by atoms with Gasteiger partial charge in [-0.3, -0.25) is 9.69 Å². The number of carbonyl (C=O) groups excluding carboxylic acids is 2. The van der Waals surface area contributed by atoms with Crippen LogP contribution in [0.1, 0.15) is 31.9 Å². The predicted molar refractivity (Wildman–Crippen MR) is 90.3 cm³/mol. The van der Waals surface area contributed by atoms with E-state index in [0.717, 1.165) is 0 Å². The highest BCUT2D eigenvalue weighted by molar-refractivity contribution is 5.90. The fourth-order valence-electron chi connectivity index (χ4n) is 2.04. The summed E-state index contributed by atoms with van der Waals surface area (Å²) in [5, 5.41) is 3.57. The van der Waals surface area contributed by atoms with Gasteiger partial charge in [-0.15, -0.1) is 0 Å². The van der Waals surface area contributed by atoms with Gasteiger partial charge < -0.3 is 9.47 Å². The molecule has 24 heavy (non-hydrogen) atoms. The van der Waals surface area contributed by atoms with E-state index < -0.39 is 17.7 Å². The van der Waals surface area contributed by atoms with Crippen molar-refractivity contribution in [2.75, 3.05) is 19.1 Å². The molecule has 0 aliphatic carbocycles. The van der Waals surface area contributed by atoms with E-state index in [1.165, 1.54) is 12.0 Å². The summed E-state index contributed by atoms with van der Waals surface area (Å²) in [4.78, 5) is 27.9. The minimum absolute atomic E-state index is 0.00623. The van der Waals surface area contributed by atoms with Gasteiger partial charge in [0, 0.05) is 17.6 Å². The molecule has 0 aliphatic heterocycles. The highest BCUT2D eigenvalue weighted by atomic mass is 16.6. The maximum Gasteiger partial charge on any atom is 0.414 e. The topological polar surface area (TPSA) is 105 Å². The number of carbonyl (C=O) groups is 2. The van der Waals surface area contributed by atoms with Gasteiger partial charge in [-0.25, -0.2) is 4.79 Å². The fourth-order valence-corrected chi connectivity index (χ4v) is 2.04. The summed E-state index contributed by atoms with van der Waals surface area (Å²) in [6.07, 6.45) is -0.542. The summed E-state index contributed by atoms with van der Waals surface area (Å²) in [5.74, 6) is -0.429. The van der Waals surface area contributed by atoms with Crippen molar-refractivity contribution < 1.29 is 19.1 Å². The summed E-state index contributed by atoms with van der Waals surface area (Å²) >= 11 is 0. The molecule has 0 N–H and O–H groups in total. The monoisotopic (exact) mass is 334 g/mol. The number of nitrogens with zero attached hydrogens (tertiary/aromatic N) is 4. The van der Waals surface area contributed by atoms with Crippen molar-refractivity contribution in [2.24, 2.45) is 5.11 Å². The van der Waals surface area contributed by atoms with Crippen LogP contribution in [0.25, 0.3) is 10.4 Å². The van der Waals surface area contributed by atoms with Crippen LogP contribution in [0.5, 0.6) is 0 Å². The van der Waals surface area contributed by atoms with E-state index in [2.05, 4.69) is 14.8 Å². The lowest BCUT2D eigenvalue weighted by Crippen LogP contribution is -2.34. The molecule has 8 nitrogen and oxygen atoms in total. The number of esters is 1. The maximum atomic E-state index is 12.3. The molecule has 0 atom stereocenters. The Balaban J connectivity index is 3.32. The predicted octanol–water partition coefficient (Wildman–Crippen LogP) is 4.02. The van der Waals surface area contributed by atoms with Crippen molar-refractivity contribution in [3.05, 3.63) is 33.7 Å². The van der Waals surface area contributed by atoms with Gasteiger partial charge in [0.2, 0.25) is 0 Å². The van der Waals surface area contributed by atoms with E-state index in [1.807, 2.05) is 0 Å². The van der Waals surface area contributed by atoms with Crippen LogP contribution in [0.2, 0.25) is 0 Å². The number of hydrogen-bond donors (Lipinski definition) is 0. The Morgan fingerprint density at radius 2 is 1.96 bits per heavy atom. The minimum Gasteiger partial charge on any atom is -0.469 e. The Bertz CT molecular complexity index is 688. The Morgan fingerprint density at radius 1 is 1.33 bits per heavy atom. The molecule has 0 unspecified atom stereocenters. The van der Waals surface area contributed by atoms with Gasteiger partial charge in [0.15, 0.2) is 0 Å². The molecule has 130 valence electrons. The number of anilines is 1. The van der Waals surface area contributed by atoms with E-state index >= 15 is 0 Å². The first kappa shape index (κ1) is 19.3. The zero-order valence-corrected chi connectivity index (χ0v) is 14.8. The van der Waals surface area contributed by atoms with Crippen LogP contribution in [0, 0.1) is 6.92 Å². The quantitative estimate of drug-likeness (QED) is 0.359. The molecule has 1 rings (SSSR count). The second kappa shape index (κ2) is 7.70. The Kier molecular flexibility index (Phi) is 6.20. The smallest absolute Gasteiger partial charge is 0.414 e. The molecule has 1 aromatic rings. The number of amides is 1. The third kappa shape index (κ3) is 5.17. The molecule has 0 saturated carbocycles. The number of azide groups is 1. The molecule has 0 aromatic heterocycles. The van der Waals surface area contributed by atoms with Crippen LogP contribution in [-0.4, -0.2) is 31.8 Å². The van der Waals surface area contributed by atoms with Crippen molar-refractivity contribution in [2.45, 2.75) is 39.7 Å². The average Bonchev–Trinajstić information content (AvgIpc) is 2.48. The zero-order valence-electron chi connectivity index (χ0n) is 14.8. The fraction of sp³-hybridized carbons (Fsp3) is 0.500. The average molecular weight is 334 g/mol. The molecule has 0 bridgehead atoms. The van der Waals surface area contributed by atoms with Crippen LogP contribution >= 0.6 is 0 Å². The number of benzene rings is 1. The second-order valence-electron chi connectivity index (χ2n) is 6.23. The highest BCUT2D eigenvalue weighted by Crippen LogP contribution is 2.30. The first-order valence-electron chi connectivity index (χ1n) is 7.31. The molecule has 0 radical (unpaired) electrons. The van der Waals surface area contributed by atoms with E-state index in [-0.39, 0.29) is 6.42 Å². The van der Waals surface area contributed by atoms with Crippen molar-refractivity contribution in [1.29, 1.82) is 0 Å². The molecular formula is C16H22N4O4. The summed E-state index contributed by atoms with van der Waals surface area (Å²) in [6.45, 7) is 7.08. The van der Waals surface area contributed by atoms with Gasteiger partial charge >= 0.3 is 12.1 Å². The highest BCUT2D eigenvalue weighted by Gasteiger charge is 2.23. The normalized spacial score (nSPS) is 10.6. The molecule has 1 aromatic carbocycles. The third-order valence-corrected chi connectivity index (χ3v) is 3.22. The molecule has 1 amide bonds. The number of ether oxygens (including phenoxy) is 2. The summed E-state index contributed by atoms with van der Waals surface area (Å²) in [6, 6.07) is 3.16. The van der Waals surface area contributed by atoms with Crippen LogP contribution in [0.15, 0.2) is 17.2 Å². The molecule has 0 fully saturated rings. The lowest BCUT2D eigenvalue weighted by Gasteiger charge is -2.26. The van der Waals surface area contributed by atoms with E-state index in [9.17, 15) is 9.59 Å². The molecule has 0 saturated heterocycles. The molecule has 8 heteroatoms. The minimum atomic E-state index is -0.642. The third-order valence-electron chi connectivity index (χ3n) is 3.22. The molecule has 0 spiro atoms. The van der Waals surface area contributed by atoms with E-state index in [4.69, 9.17) is 10.3 Å². The van der Waals surface area contributed by atoms with E-state index in [1.54, 1.807) is 46.9 Å². The SMILES string of the molecule is COC(=O)Cc1cc(N=[N+]=[N-])cc(N(C)C(=O)OC(C)(C)C)c1C. The van der Waals surface area contributed by atoms with Crippen molar-refractivity contribution in [1.82, 2.24) is 0 Å². The molecule has 0 aliphatic rings. The van der Waals surface area contributed by atoms with E-state index in [0.29, 0.717) is 22.5 Å². The summed E-state index contributed by atoms with van der Waals surface area (Å²) < 4.78 is 10.0. The lowest BCUT2D eigenvalue weighted by atomic mass is 10.0. The Hall–Kier alpha value is -2.73. The van der Waals surface area contributed by atoms with Crippen LogP contribution in [-0.2, 0) is 20.7 Å². The van der Waals surface area contributed by atoms with Gasteiger partial charge in [0.05, 0.1) is 19.2 Å². The van der Waals surface area contributed by atoms with Gasteiger partial charge in [0.1, 0.15) is 5.60 Å².